The van der Waals surface area contributed by atoms with Crippen LogP contribution in [0.2, 0.25) is 10.0 Å². The van der Waals surface area contributed by atoms with E-state index in [-0.39, 0.29) is 0 Å². The minimum atomic E-state index is -1.51. The average Bonchev–Trinajstić information content (AvgIpc) is 2.36. The zero-order valence-corrected chi connectivity index (χ0v) is 12.1. The molecule has 0 saturated carbocycles. The van der Waals surface area contributed by atoms with E-state index in [9.17, 15) is 14.4 Å². The Morgan fingerprint density at radius 2 is 1.76 bits per heavy atom. The molecule has 112 valence electrons. The van der Waals surface area contributed by atoms with Crippen molar-refractivity contribution in [3.05, 3.63) is 39.9 Å². The molecular weight excluding hydrogens is 321 g/mol. The summed E-state index contributed by atoms with van der Waals surface area (Å²) in [4.78, 5) is 32.9. The minimum Gasteiger partial charge on any atom is -0.481 e. The predicted octanol–water partition coefficient (Wildman–Crippen LogP) is 2.05. The molecule has 0 aromatic heterocycles. The Hall–Kier alpha value is -2.05. The van der Waals surface area contributed by atoms with Gasteiger partial charge in [-0.3, -0.25) is 9.59 Å². The Morgan fingerprint density at radius 1 is 1.19 bits per heavy atom. The highest BCUT2D eigenvalue weighted by Crippen LogP contribution is 2.25. The fraction of sp³-hybridized carbons (Fsp3) is 0.154. The third kappa shape index (κ3) is 5.45. The molecule has 1 rings (SSSR count). The molecule has 0 aliphatic heterocycles. The molecule has 21 heavy (non-hydrogen) atoms. The van der Waals surface area contributed by atoms with Crippen LogP contribution in [0.1, 0.15) is 12.0 Å². The minimum absolute atomic E-state index is 0.326. The molecule has 1 aromatic carbocycles. The lowest BCUT2D eigenvalue weighted by atomic mass is 10.2. The van der Waals surface area contributed by atoms with Gasteiger partial charge in [0.1, 0.15) is 6.04 Å². The van der Waals surface area contributed by atoms with E-state index in [1.54, 1.807) is 18.2 Å². The molecule has 0 aliphatic carbocycles. The Morgan fingerprint density at radius 3 is 2.24 bits per heavy atom. The molecule has 6 nitrogen and oxygen atoms in total. The first-order chi connectivity index (χ1) is 9.81. The maximum absolute atomic E-state index is 11.6. The van der Waals surface area contributed by atoms with Gasteiger partial charge in [-0.05, 0) is 18.2 Å². The molecular formula is C13H11Cl2NO5. The summed E-state index contributed by atoms with van der Waals surface area (Å²) < 4.78 is 0. The van der Waals surface area contributed by atoms with Gasteiger partial charge in [-0.1, -0.05) is 29.3 Å². The standard InChI is InChI=1S/C13H11Cl2NO5/c14-8-2-1-3-9(15)7(8)4-5-11(17)16-10(13(20)21)6-12(18)19/h1-5,10H,6H2,(H,16,17)(H,18,19)(H,20,21)/b5-4+. The summed E-state index contributed by atoms with van der Waals surface area (Å²) in [6, 6.07) is 3.28. The zero-order chi connectivity index (χ0) is 16.0. The molecule has 0 spiro atoms. The quantitative estimate of drug-likeness (QED) is 0.692. The van der Waals surface area contributed by atoms with E-state index in [0.29, 0.717) is 15.6 Å². The first kappa shape index (κ1) is 17.0. The molecule has 0 aliphatic rings. The van der Waals surface area contributed by atoms with Crippen LogP contribution in [0.3, 0.4) is 0 Å². The number of hydrogen-bond donors (Lipinski definition) is 3. The summed E-state index contributed by atoms with van der Waals surface area (Å²) in [5.74, 6) is -3.53. The number of aliphatic carboxylic acids is 2. The summed E-state index contributed by atoms with van der Waals surface area (Å²) in [5, 5.41) is 20.1. The van der Waals surface area contributed by atoms with Crippen LogP contribution in [0.15, 0.2) is 24.3 Å². The number of carboxylic acids is 2. The molecule has 1 aromatic rings. The van der Waals surface area contributed by atoms with Crippen molar-refractivity contribution >= 4 is 47.1 Å². The molecule has 1 unspecified atom stereocenters. The summed E-state index contributed by atoms with van der Waals surface area (Å²) in [5.41, 5.74) is 0.404. The van der Waals surface area contributed by atoms with Gasteiger partial charge in [0.05, 0.1) is 6.42 Å². The second-order valence-corrected chi connectivity index (χ2v) is 4.78. The van der Waals surface area contributed by atoms with Crippen LogP contribution >= 0.6 is 23.2 Å². The fourth-order valence-corrected chi connectivity index (χ4v) is 1.95. The van der Waals surface area contributed by atoms with Gasteiger partial charge in [0.15, 0.2) is 0 Å². The van der Waals surface area contributed by atoms with E-state index >= 15 is 0 Å². The van der Waals surface area contributed by atoms with Crippen molar-refractivity contribution in [2.45, 2.75) is 12.5 Å². The molecule has 0 heterocycles. The number of halogens is 2. The van der Waals surface area contributed by atoms with E-state index in [0.717, 1.165) is 6.08 Å². The van der Waals surface area contributed by atoms with Crippen molar-refractivity contribution in [3.63, 3.8) is 0 Å². The van der Waals surface area contributed by atoms with E-state index in [1.807, 2.05) is 0 Å². The van der Waals surface area contributed by atoms with Crippen LogP contribution in [0.4, 0.5) is 0 Å². The number of rotatable bonds is 6. The van der Waals surface area contributed by atoms with Gasteiger partial charge < -0.3 is 15.5 Å². The Bertz CT molecular complexity index is 580. The topological polar surface area (TPSA) is 104 Å². The Labute approximate surface area is 130 Å². The van der Waals surface area contributed by atoms with Crippen LogP contribution < -0.4 is 5.32 Å². The molecule has 0 radical (unpaired) electrons. The molecule has 1 atom stereocenters. The number of benzene rings is 1. The first-order valence-electron chi connectivity index (χ1n) is 5.68. The van der Waals surface area contributed by atoms with E-state index < -0.39 is 30.3 Å². The smallest absolute Gasteiger partial charge is 0.326 e. The van der Waals surface area contributed by atoms with Crippen molar-refractivity contribution in [2.24, 2.45) is 0 Å². The number of carbonyl (C=O) groups is 3. The van der Waals surface area contributed by atoms with Crippen LogP contribution in [-0.2, 0) is 14.4 Å². The monoisotopic (exact) mass is 331 g/mol. The number of carbonyl (C=O) groups excluding carboxylic acids is 1. The maximum atomic E-state index is 11.6. The highest BCUT2D eigenvalue weighted by atomic mass is 35.5. The van der Waals surface area contributed by atoms with Crippen molar-refractivity contribution in [3.8, 4) is 0 Å². The summed E-state index contributed by atoms with van der Waals surface area (Å²) in [6.07, 6.45) is 1.63. The van der Waals surface area contributed by atoms with Crippen molar-refractivity contribution < 1.29 is 24.6 Å². The molecule has 0 saturated heterocycles. The normalized spacial score (nSPS) is 12.1. The number of nitrogens with one attached hydrogen (secondary N) is 1. The van der Waals surface area contributed by atoms with Crippen LogP contribution in [0.25, 0.3) is 6.08 Å². The second kappa shape index (κ2) is 7.66. The van der Waals surface area contributed by atoms with Crippen LogP contribution in [0.5, 0.6) is 0 Å². The molecule has 1 amide bonds. The van der Waals surface area contributed by atoms with Gasteiger partial charge in [0.2, 0.25) is 5.91 Å². The average molecular weight is 332 g/mol. The summed E-state index contributed by atoms with van der Waals surface area (Å²) in [7, 11) is 0. The van der Waals surface area contributed by atoms with Crippen molar-refractivity contribution in [1.82, 2.24) is 5.32 Å². The third-order valence-electron chi connectivity index (χ3n) is 2.39. The van der Waals surface area contributed by atoms with E-state index in [4.69, 9.17) is 33.4 Å². The van der Waals surface area contributed by atoms with Gasteiger partial charge in [-0.2, -0.15) is 0 Å². The number of amides is 1. The fourth-order valence-electron chi connectivity index (χ4n) is 1.42. The molecule has 0 bridgehead atoms. The lowest BCUT2D eigenvalue weighted by Crippen LogP contribution is -2.41. The summed E-state index contributed by atoms with van der Waals surface area (Å²) >= 11 is 11.8. The first-order valence-corrected chi connectivity index (χ1v) is 6.44. The van der Waals surface area contributed by atoms with Gasteiger partial charge in [0, 0.05) is 21.7 Å². The second-order valence-electron chi connectivity index (χ2n) is 3.97. The van der Waals surface area contributed by atoms with Gasteiger partial charge >= 0.3 is 11.9 Å². The third-order valence-corrected chi connectivity index (χ3v) is 3.05. The maximum Gasteiger partial charge on any atom is 0.326 e. The van der Waals surface area contributed by atoms with Crippen molar-refractivity contribution in [2.75, 3.05) is 0 Å². The lowest BCUT2D eigenvalue weighted by molar-refractivity contribution is -0.146. The van der Waals surface area contributed by atoms with Crippen molar-refractivity contribution in [1.29, 1.82) is 0 Å². The predicted molar refractivity (Wildman–Crippen MR) is 77.3 cm³/mol. The largest absolute Gasteiger partial charge is 0.481 e. The van der Waals surface area contributed by atoms with E-state index in [1.165, 1.54) is 6.08 Å². The van der Waals surface area contributed by atoms with E-state index in [2.05, 4.69) is 5.32 Å². The van der Waals surface area contributed by atoms with Crippen LogP contribution in [0, 0.1) is 0 Å². The summed E-state index contributed by atoms with van der Waals surface area (Å²) in [6.45, 7) is 0. The number of hydrogen-bond acceptors (Lipinski definition) is 3. The highest BCUT2D eigenvalue weighted by Gasteiger charge is 2.22. The molecule has 0 fully saturated rings. The lowest BCUT2D eigenvalue weighted by Gasteiger charge is -2.10. The molecule has 3 N–H and O–H groups in total. The zero-order valence-electron chi connectivity index (χ0n) is 10.5. The van der Waals surface area contributed by atoms with Gasteiger partial charge in [-0.15, -0.1) is 0 Å². The van der Waals surface area contributed by atoms with Gasteiger partial charge in [0.25, 0.3) is 0 Å². The molecule has 8 heteroatoms. The Balaban J connectivity index is 2.78. The Kier molecular flexibility index (Phi) is 6.20. The van der Waals surface area contributed by atoms with Crippen LogP contribution in [-0.4, -0.2) is 34.1 Å². The highest BCUT2D eigenvalue weighted by molar-refractivity contribution is 6.37. The van der Waals surface area contributed by atoms with Gasteiger partial charge in [-0.25, -0.2) is 4.79 Å². The number of carboxylic acid groups (broad SMARTS) is 2. The SMILES string of the molecule is O=C(O)CC(NC(=O)/C=C/c1c(Cl)cccc1Cl)C(=O)O.